The molecule has 0 aliphatic rings. The van der Waals surface area contributed by atoms with Crippen LogP contribution in [0.25, 0.3) is 0 Å². The Hall–Kier alpha value is -2.00. The van der Waals surface area contributed by atoms with E-state index in [0.717, 1.165) is 24.3 Å². The molecule has 23 heavy (non-hydrogen) atoms. The quantitative estimate of drug-likeness (QED) is 0.392. The lowest BCUT2D eigenvalue weighted by atomic mass is 10.4. The number of rotatable bonds is 9. The first-order chi connectivity index (χ1) is 10.8. The van der Waals surface area contributed by atoms with Gasteiger partial charge >= 0.3 is 5.97 Å². The molecule has 1 N–H and O–H groups in total. The summed E-state index contributed by atoms with van der Waals surface area (Å²) < 4.78 is 46.0. The van der Waals surface area contributed by atoms with Gasteiger partial charge in [-0.05, 0) is 24.3 Å². The number of carbonyl (C=O) groups is 2. The number of benzene rings is 1. The van der Waals surface area contributed by atoms with Crippen LogP contribution in [-0.2, 0) is 28.9 Å². The number of methoxy groups -OCH3 is 1. The molecular weight excluding hydrogens is 329 g/mol. The molecule has 1 rings (SSSR count). The Bertz CT molecular complexity index is 629. The predicted octanol–water partition coefficient (Wildman–Crippen LogP) is 0.295. The Labute approximate surface area is 133 Å². The van der Waals surface area contributed by atoms with E-state index >= 15 is 0 Å². The van der Waals surface area contributed by atoms with Gasteiger partial charge in [0.2, 0.25) is 0 Å². The number of esters is 1. The number of sulfone groups is 1. The molecule has 0 radical (unpaired) electrons. The van der Waals surface area contributed by atoms with Gasteiger partial charge in [-0.15, -0.1) is 0 Å². The van der Waals surface area contributed by atoms with Crippen molar-refractivity contribution in [3.8, 4) is 0 Å². The van der Waals surface area contributed by atoms with E-state index in [9.17, 15) is 22.4 Å². The van der Waals surface area contributed by atoms with Crippen molar-refractivity contribution in [1.29, 1.82) is 0 Å². The van der Waals surface area contributed by atoms with E-state index in [2.05, 4.69) is 10.1 Å². The average molecular weight is 347 g/mol. The van der Waals surface area contributed by atoms with Crippen LogP contribution in [0.1, 0.15) is 6.42 Å². The Morgan fingerprint density at radius 3 is 2.48 bits per heavy atom. The van der Waals surface area contributed by atoms with Gasteiger partial charge in [0, 0.05) is 13.7 Å². The first-order valence-electron chi connectivity index (χ1n) is 6.75. The molecule has 0 unspecified atom stereocenters. The van der Waals surface area contributed by atoms with E-state index in [1.54, 1.807) is 0 Å². The molecular formula is C14H18FNO6S. The fourth-order valence-electron chi connectivity index (χ4n) is 1.54. The van der Waals surface area contributed by atoms with Crippen LogP contribution in [0.3, 0.4) is 0 Å². The molecule has 0 fully saturated rings. The minimum absolute atomic E-state index is 0.0796. The Morgan fingerprint density at radius 2 is 1.87 bits per heavy atom. The summed E-state index contributed by atoms with van der Waals surface area (Å²) in [5, 5.41) is 2.45. The molecule has 0 aromatic heterocycles. The van der Waals surface area contributed by atoms with Crippen LogP contribution in [0.5, 0.6) is 0 Å². The zero-order valence-electron chi connectivity index (χ0n) is 12.6. The normalized spacial score (nSPS) is 11.0. The molecule has 7 nitrogen and oxygen atoms in total. The topological polar surface area (TPSA) is 98.8 Å². The van der Waals surface area contributed by atoms with Crippen molar-refractivity contribution in [1.82, 2.24) is 5.32 Å². The van der Waals surface area contributed by atoms with E-state index in [-0.39, 0.29) is 11.4 Å². The van der Waals surface area contributed by atoms with Crippen molar-refractivity contribution in [3.63, 3.8) is 0 Å². The third kappa shape index (κ3) is 7.20. The molecule has 0 aliphatic heterocycles. The molecule has 0 saturated heterocycles. The van der Waals surface area contributed by atoms with Crippen LogP contribution >= 0.6 is 0 Å². The van der Waals surface area contributed by atoms with Gasteiger partial charge in [-0.25, -0.2) is 12.8 Å². The summed E-state index contributed by atoms with van der Waals surface area (Å²) in [6, 6.07) is 4.30. The molecule has 128 valence electrons. The van der Waals surface area contributed by atoms with Crippen LogP contribution < -0.4 is 5.32 Å². The fraction of sp³-hybridized carbons (Fsp3) is 0.429. The smallest absolute Gasteiger partial charge is 0.307 e. The highest BCUT2D eigenvalue weighted by Gasteiger charge is 2.17. The van der Waals surface area contributed by atoms with Crippen LogP contribution in [0.4, 0.5) is 4.39 Å². The Kier molecular flexibility index (Phi) is 7.63. The van der Waals surface area contributed by atoms with E-state index in [1.807, 2.05) is 0 Å². The van der Waals surface area contributed by atoms with Crippen LogP contribution in [0.2, 0.25) is 0 Å². The highest BCUT2D eigenvalue weighted by Crippen LogP contribution is 2.13. The lowest BCUT2D eigenvalue weighted by Gasteiger charge is -2.07. The van der Waals surface area contributed by atoms with Crippen molar-refractivity contribution >= 4 is 21.7 Å². The second-order valence-electron chi connectivity index (χ2n) is 4.53. The summed E-state index contributed by atoms with van der Waals surface area (Å²) in [7, 11) is -2.23. The number of nitrogens with one attached hydrogen (secondary N) is 1. The molecule has 1 amide bonds. The first-order valence-corrected chi connectivity index (χ1v) is 8.40. The molecule has 0 saturated carbocycles. The first kappa shape index (κ1) is 19.0. The van der Waals surface area contributed by atoms with Gasteiger partial charge in [-0.3, -0.25) is 9.59 Å². The maximum absolute atomic E-state index is 12.8. The number of halogens is 1. The third-order valence-electron chi connectivity index (χ3n) is 2.74. The fourth-order valence-corrected chi connectivity index (χ4v) is 2.76. The van der Waals surface area contributed by atoms with Crippen LogP contribution in [0, 0.1) is 5.82 Å². The number of hydrogen-bond acceptors (Lipinski definition) is 6. The van der Waals surface area contributed by atoms with Gasteiger partial charge in [-0.1, -0.05) is 0 Å². The van der Waals surface area contributed by atoms with E-state index in [0.29, 0.717) is 6.61 Å². The number of hydrogen-bond donors (Lipinski definition) is 1. The molecule has 0 atom stereocenters. The molecule has 1 aromatic carbocycles. The maximum Gasteiger partial charge on any atom is 0.307 e. The van der Waals surface area contributed by atoms with Crippen molar-refractivity contribution in [2.24, 2.45) is 0 Å². The number of ether oxygens (including phenoxy) is 2. The monoisotopic (exact) mass is 347 g/mol. The zero-order chi connectivity index (χ0) is 17.3. The van der Waals surface area contributed by atoms with E-state index < -0.39 is 46.3 Å². The van der Waals surface area contributed by atoms with Crippen molar-refractivity contribution in [2.45, 2.75) is 11.3 Å². The second kappa shape index (κ2) is 9.21. The number of carbonyl (C=O) groups excluding carboxylic acids is 2. The maximum atomic E-state index is 12.8. The Balaban J connectivity index is 2.37. The summed E-state index contributed by atoms with van der Waals surface area (Å²) in [6.07, 6.45) is -0.398. The largest absolute Gasteiger partial charge is 0.456 e. The van der Waals surface area contributed by atoms with E-state index in [4.69, 9.17) is 4.74 Å². The van der Waals surface area contributed by atoms with Gasteiger partial charge in [0.05, 0.1) is 23.7 Å². The predicted molar refractivity (Wildman–Crippen MR) is 78.9 cm³/mol. The molecule has 0 heterocycles. The van der Waals surface area contributed by atoms with Crippen molar-refractivity contribution < 1.29 is 31.9 Å². The van der Waals surface area contributed by atoms with Gasteiger partial charge < -0.3 is 14.8 Å². The lowest BCUT2D eigenvalue weighted by molar-refractivity contribution is -0.148. The third-order valence-corrected chi connectivity index (χ3v) is 4.47. The molecule has 9 heteroatoms. The van der Waals surface area contributed by atoms with Gasteiger partial charge in [-0.2, -0.15) is 0 Å². The summed E-state index contributed by atoms with van der Waals surface area (Å²) >= 11 is 0. The summed E-state index contributed by atoms with van der Waals surface area (Å²) in [5.74, 6) is -2.35. The van der Waals surface area contributed by atoms with Gasteiger partial charge in [0.15, 0.2) is 16.4 Å². The van der Waals surface area contributed by atoms with Gasteiger partial charge in [0.1, 0.15) is 5.82 Å². The number of amides is 1. The summed E-state index contributed by atoms with van der Waals surface area (Å²) in [5.41, 5.74) is 0. The van der Waals surface area contributed by atoms with E-state index in [1.165, 1.54) is 7.11 Å². The van der Waals surface area contributed by atoms with Crippen molar-refractivity contribution in [3.05, 3.63) is 30.1 Å². The van der Waals surface area contributed by atoms with Crippen LogP contribution in [0.15, 0.2) is 29.2 Å². The van der Waals surface area contributed by atoms with Crippen molar-refractivity contribution in [2.75, 3.05) is 32.6 Å². The molecule has 0 aliphatic carbocycles. The Morgan fingerprint density at radius 1 is 1.22 bits per heavy atom. The highest BCUT2D eigenvalue weighted by molar-refractivity contribution is 7.91. The molecule has 1 aromatic rings. The molecule has 0 spiro atoms. The standard InChI is InChI=1S/C14H18FNO6S/c1-21-8-7-16-13(17)10-22-14(18)6-9-23(19,20)12-4-2-11(15)3-5-12/h2-5H,6-10H2,1H3,(H,16,17). The second-order valence-corrected chi connectivity index (χ2v) is 6.64. The van der Waals surface area contributed by atoms with Gasteiger partial charge in [0.25, 0.3) is 5.91 Å². The molecule has 0 bridgehead atoms. The zero-order valence-corrected chi connectivity index (χ0v) is 13.4. The lowest BCUT2D eigenvalue weighted by Crippen LogP contribution is -2.31. The summed E-state index contributed by atoms with van der Waals surface area (Å²) in [6.45, 7) is 0.126. The van der Waals surface area contributed by atoms with Crippen LogP contribution in [-0.4, -0.2) is 52.9 Å². The minimum atomic E-state index is -3.71. The summed E-state index contributed by atoms with van der Waals surface area (Å²) in [4.78, 5) is 22.7. The SMILES string of the molecule is COCCNC(=O)COC(=O)CCS(=O)(=O)c1ccc(F)cc1. The average Bonchev–Trinajstić information content (AvgIpc) is 2.52. The minimum Gasteiger partial charge on any atom is -0.456 e. The highest BCUT2D eigenvalue weighted by atomic mass is 32.2.